The Labute approximate surface area is 156 Å². The minimum Gasteiger partial charge on any atom is -0.342 e. The maximum atomic E-state index is 12.6. The molecule has 1 aromatic heterocycles. The topological polar surface area (TPSA) is 101 Å². The summed E-state index contributed by atoms with van der Waals surface area (Å²) < 4.78 is 25.9. The maximum absolute atomic E-state index is 12.6. The number of rotatable bonds is 3. The van der Waals surface area contributed by atoms with E-state index in [0.717, 1.165) is 15.6 Å². The molecule has 0 unspecified atom stereocenters. The van der Waals surface area contributed by atoms with Gasteiger partial charge in [0.25, 0.3) is 15.9 Å². The highest BCUT2D eigenvalue weighted by atomic mass is 32.2. The van der Waals surface area contributed by atoms with Crippen molar-refractivity contribution < 1.29 is 18.0 Å². The number of amides is 2. The van der Waals surface area contributed by atoms with Gasteiger partial charge in [-0.3, -0.25) is 9.59 Å². The zero-order chi connectivity index (χ0) is 19.0. The third kappa shape index (κ3) is 3.08. The van der Waals surface area contributed by atoms with Crippen LogP contribution in [0.2, 0.25) is 0 Å². The maximum Gasteiger partial charge on any atom is 0.269 e. The third-order valence-electron chi connectivity index (χ3n) is 4.94. The predicted molar refractivity (Wildman–Crippen MR) is 95.3 cm³/mol. The largest absolute Gasteiger partial charge is 0.342 e. The van der Waals surface area contributed by atoms with Crippen LogP contribution in [-0.2, 0) is 27.7 Å². The fourth-order valence-corrected chi connectivity index (χ4v) is 5.05. The number of aromatic nitrogens is 2. The van der Waals surface area contributed by atoms with Gasteiger partial charge in [-0.2, -0.15) is 0 Å². The van der Waals surface area contributed by atoms with Crippen LogP contribution in [0.1, 0.15) is 28.0 Å². The first-order valence-electron chi connectivity index (χ1n) is 8.70. The normalized spacial score (nSPS) is 18.0. The van der Waals surface area contributed by atoms with Crippen molar-refractivity contribution in [3.8, 4) is 0 Å². The highest BCUT2D eigenvalue weighted by molar-refractivity contribution is 7.90. The summed E-state index contributed by atoms with van der Waals surface area (Å²) in [6, 6.07) is 6.11. The van der Waals surface area contributed by atoms with Gasteiger partial charge in [0.2, 0.25) is 5.91 Å². The van der Waals surface area contributed by atoms with E-state index in [1.165, 1.54) is 18.5 Å². The summed E-state index contributed by atoms with van der Waals surface area (Å²) in [5.74, 6) is -0.744. The molecule has 0 saturated carbocycles. The molecule has 27 heavy (non-hydrogen) atoms. The van der Waals surface area contributed by atoms with E-state index in [1.807, 2.05) is 0 Å². The van der Waals surface area contributed by atoms with E-state index in [2.05, 4.69) is 9.97 Å². The summed E-state index contributed by atoms with van der Waals surface area (Å²) in [7, 11) is -3.88. The van der Waals surface area contributed by atoms with Crippen LogP contribution in [0.15, 0.2) is 41.7 Å². The molecular weight excluding hydrogens is 368 g/mol. The van der Waals surface area contributed by atoms with E-state index in [4.69, 9.17) is 0 Å². The second-order valence-electron chi connectivity index (χ2n) is 6.50. The second-order valence-corrected chi connectivity index (χ2v) is 8.33. The Balaban J connectivity index is 1.43. The molecule has 1 aromatic carbocycles. The number of fused-ring (bicyclic) bond motifs is 2. The zero-order valence-electron chi connectivity index (χ0n) is 14.5. The molecule has 9 heteroatoms. The van der Waals surface area contributed by atoms with E-state index >= 15 is 0 Å². The summed E-state index contributed by atoms with van der Waals surface area (Å²) >= 11 is 0. The highest BCUT2D eigenvalue weighted by Gasteiger charge is 2.40. The van der Waals surface area contributed by atoms with Gasteiger partial charge in [0.1, 0.15) is 11.2 Å². The molecular formula is C18H18N4O4S. The van der Waals surface area contributed by atoms with E-state index < -0.39 is 15.9 Å². The van der Waals surface area contributed by atoms with E-state index in [0.29, 0.717) is 25.9 Å². The summed E-state index contributed by atoms with van der Waals surface area (Å²) in [4.78, 5) is 35.0. The highest BCUT2D eigenvalue weighted by Crippen LogP contribution is 2.30. The molecule has 0 N–H and O–H groups in total. The minimum atomic E-state index is -3.88. The van der Waals surface area contributed by atoms with Gasteiger partial charge in [-0.05, 0) is 24.1 Å². The number of hydrogen-bond acceptors (Lipinski definition) is 6. The Morgan fingerprint density at radius 2 is 1.93 bits per heavy atom. The lowest BCUT2D eigenvalue weighted by Gasteiger charge is -2.22. The second kappa shape index (κ2) is 6.73. The van der Waals surface area contributed by atoms with Gasteiger partial charge in [-0.15, -0.1) is 0 Å². The molecule has 0 atom stereocenters. The van der Waals surface area contributed by atoms with Gasteiger partial charge in [-0.1, -0.05) is 12.1 Å². The predicted octanol–water partition coefficient (Wildman–Crippen LogP) is 0.639. The average Bonchev–Trinajstić information content (AvgIpc) is 2.83. The van der Waals surface area contributed by atoms with Crippen molar-refractivity contribution in [2.45, 2.75) is 24.2 Å². The van der Waals surface area contributed by atoms with Gasteiger partial charge < -0.3 is 4.90 Å². The molecule has 140 valence electrons. The Hall–Kier alpha value is -2.81. The van der Waals surface area contributed by atoms with Crippen LogP contribution >= 0.6 is 0 Å². The average molecular weight is 386 g/mol. The molecule has 0 aliphatic carbocycles. The molecule has 2 aliphatic heterocycles. The molecule has 0 radical (unpaired) electrons. The first kappa shape index (κ1) is 17.6. The van der Waals surface area contributed by atoms with Gasteiger partial charge in [0, 0.05) is 44.4 Å². The molecule has 0 saturated heterocycles. The van der Waals surface area contributed by atoms with Crippen molar-refractivity contribution in [2.24, 2.45) is 0 Å². The number of benzene rings is 1. The molecule has 2 amide bonds. The zero-order valence-corrected chi connectivity index (χ0v) is 15.4. The SMILES string of the molecule is O=C(CCN1C(=O)c2ccccc2S1(=O)=O)N1CCc2cncnc2CC1. The van der Waals surface area contributed by atoms with Crippen LogP contribution in [0.5, 0.6) is 0 Å². The third-order valence-corrected chi connectivity index (χ3v) is 6.78. The van der Waals surface area contributed by atoms with Crippen LogP contribution in [0.4, 0.5) is 0 Å². The van der Waals surface area contributed by atoms with E-state index in [1.54, 1.807) is 23.2 Å². The van der Waals surface area contributed by atoms with Crippen LogP contribution in [0.3, 0.4) is 0 Å². The number of sulfonamides is 1. The fourth-order valence-electron chi connectivity index (χ4n) is 3.48. The number of nitrogens with zero attached hydrogens (tertiary/aromatic N) is 4. The summed E-state index contributed by atoms with van der Waals surface area (Å²) in [6.07, 6.45) is 4.52. The van der Waals surface area contributed by atoms with Crippen molar-refractivity contribution in [2.75, 3.05) is 19.6 Å². The molecule has 2 aromatic rings. The van der Waals surface area contributed by atoms with E-state index in [9.17, 15) is 18.0 Å². The molecule has 4 rings (SSSR count). The van der Waals surface area contributed by atoms with Gasteiger partial charge >= 0.3 is 0 Å². The van der Waals surface area contributed by atoms with Crippen molar-refractivity contribution in [1.29, 1.82) is 0 Å². The van der Waals surface area contributed by atoms with Crippen LogP contribution < -0.4 is 0 Å². The lowest BCUT2D eigenvalue weighted by Crippen LogP contribution is -2.38. The summed E-state index contributed by atoms with van der Waals surface area (Å²) in [6.45, 7) is 0.891. The number of carbonyl (C=O) groups excluding carboxylic acids is 2. The summed E-state index contributed by atoms with van der Waals surface area (Å²) in [5, 5.41) is 0. The van der Waals surface area contributed by atoms with Gasteiger partial charge in [0.05, 0.1) is 5.56 Å². The first-order chi connectivity index (χ1) is 13.0. The van der Waals surface area contributed by atoms with Gasteiger partial charge in [-0.25, -0.2) is 22.7 Å². The minimum absolute atomic E-state index is 0.00578. The molecule has 3 heterocycles. The van der Waals surface area contributed by atoms with Crippen molar-refractivity contribution in [3.05, 3.63) is 53.6 Å². The fraction of sp³-hybridized carbons (Fsp3) is 0.333. The van der Waals surface area contributed by atoms with Crippen molar-refractivity contribution in [3.63, 3.8) is 0 Å². The molecule has 0 spiro atoms. The number of carbonyl (C=O) groups is 2. The van der Waals surface area contributed by atoms with Crippen LogP contribution in [0, 0.1) is 0 Å². The van der Waals surface area contributed by atoms with E-state index in [-0.39, 0.29) is 29.3 Å². The smallest absolute Gasteiger partial charge is 0.269 e. The van der Waals surface area contributed by atoms with Crippen LogP contribution in [0.25, 0.3) is 0 Å². The first-order valence-corrected chi connectivity index (χ1v) is 10.1. The Morgan fingerprint density at radius 1 is 1.15 bits per heavy atom. The standard InChI is InChI=1S/C18H18N4O4S/c23-17(21-8-5-13-11-19-12-20-15(13)6-9-21)7-10-22-18(24)14-3-1-2-4-16(14)27(22,25)26/h1-4,11-12H,5-10H2. The lowest BCUT2D eigenvalue weighted by atomic mass is 10.1. The van der Waals surface area contributed by atoms with Crippen molar-refractivity contribution in [1.82, 2.24) is 19.2 Å². The monoisotopic (exact) mass is 386 g/mol. The Kier molecular flexibility index (Phi) is 4.39. The van der Waals surface area contributed by atoms with Gasteiger partial charge in [0.15, 0.2) is 0 Å². The Bertz CT molecular complexity index is 995. The number of hydrogen-bond donors (Lipinski definition) is 0. The molecule has 0 fully saturated rings. The van der Waals surface area contributed by atoms with Crippen molar-refractivity contribution >= 4 is 21.8 Å². The van der Waals surface area contributed by atoms with Crippen LogP contribution in [-0.4, -0.2) is 59.0 Å². The molecule has 8 nitrogen and oxygen atoms in total. The lowest BCUT2D eigenvalue weighted by molar-refractivity contribution is -0.131. The Morgan fingerprint density at radius 3 is 2.74 bits per heavy atom. The summed E-state index contributed by atoms with van der Waals surface area (Å²) in [5.41, 5.74) is 2.13. The molecule has 0 bridgehead atoms. The molecule has 2 aliphatic rings. The quantitative estimate of drug-likeness (QED) is 0.767.